The van der Waals surface area contributed by atoms with E-state index in [4.69, 9.17) is 11.5 Å². The van der Waals surface area contributed by atoms with Gasteiger partial charge in [0.2, 0.25) is 0 Å². The number of aromatic nitrogens is 3. The average molecular weight is 205 g/mol. The molecule has 5 nitrogen and oxygen atoms in total. The molecular weight excluding hydrogens is 190 g/mol. The molecule has 0 fully saturated rings. The second-order valence-corrected chi connectivity index (χ2v) is 3.71. The predicted octanol–water partition coefficient (Wildman–Crippen LogP) is 1.57. The van der Waals surface area contributed by atoms with Crippen LogP contribution in [0.4, 0.5) is 11.4 Å². The van der Waals surface area contributed by atoms with Crippen LogP contribution in [0.15, 0.2) is 12.4 Å². The van der Waals surface area contributed by atoms with Gasteiger partial charge in [-0.2, -0.15) is 5.10 Å². The van der Waals surface area contributed by atoms with Crippen LogP contribution in [0, 0.1) is 0 Å². The lowest BCUT2D eigenvalue weighted by atomic mass is 10.2. The van der Waals surface area contributed by atoms with Crippen LogP contribution >= 0.6 is 0 Å². The SMILES string of the molecule is CC[C@@H](C)n1ncc2c(N)c(N)cnc21. The largest absolute Gasteiger partial charge is 0.396 e. The average Bonchev–Trinajstić information content (AvgIpc) is 2.66. The molecule has 0 amide bonds. The van der Waals surface area contributed by atoms with Gasteiger partial charge < -0.3 is 11.5 Å². The Bertz CT molecular complexity index is 488. The van der Waals surface area contributed by atoms with Crippen molar-refractivity contribution in [2.24, 2.45) is 0 Å². The highest BCUT2D eigenvalue weighted by molar-refractivity contribution is 5.93. The van der Waals surface area contributed by atoms with Crippen molar-refractivity contribution in [3.05, 3.63) is 12.4 Å². The maximum Gasteiger partial charge on any atom is 0.160 e. The second-order valence-electron chi connectivity index (χ2n) is 3.71. The van der Waals surface area contributed by atoms with Gasteiger partial charge in [0.05, 0.1) is 35.2 Å². The molecule has 2 rings (SSSR count). The van der Waals surface area contributed by atoms with Gasteiger partial charge in [-0.05, 0) is 13.3 Å². The Morgan fingerprint density at radius 2 is 2.13 bits per heavy atom. The van der Waals surface area contributed by atoms with Crippen molar-refractivity contribution in [1.82, 2.24) is 14.8 Å². The van der Waals surface area contributed by atoms with E-state index < -0.39 is 0 Å². The van der Waals surface area contributed by atoms with Crippen LogP contribution in [0.25, 0.3) is 11.0 Å². The Labute approximate surface area is 88.1 Å². The van der Waals surface area contributed by atoms with E-state index in [9.17, 15) is 0 Å². The Hall–Kier alpha value is -1.78. The van der Waals surface area contributed by atoms with Gasteiger partial charge in [-0.1, -0.05) is 6.92 Å². The quantitative estimate of drug-likeness (QED) is 0.779. The Balaban J connectivity index is 2.67. The molecular formula is C10H15N5. The minimum absolute atomic E-state index is 0.318. The number of fused-ring (bicyclic) bond motifs is 1. The number of anilines is 2. The Morgan fingerprint density at radius 3 is 2.80 bits per heavy atom. The summed E-state index contributed by atoms with van der Waals surface area (Å²) >= 11 is 0. The third kappa shape index (κ3) is 1.40. The lowest BCUT2D eigenvalue weighted by Crippen LogP contribution is -2.06. The van der Waals surface area contributed by atoms with Gasteiger partial charge in [-0.25, -0.2) is 9.67 Å². The zero-order valence-corrected chi connectivity index (χ0v) is 8.94. The van der Waals surface area contributed by atoms with Crippen molar-refractivity contribution < 1.29 is 0 Å². The Kier molecular flexibility index (Phi) is 2.22. The normalized spacial score (nSPS) is 13.2. The fourth-order valence-electron chi connectivity index (χ4n) is 1.53. The maximum atomic E-state index is 5.85. The van der Waals surface area contributed by atoms with Gasteiger partial charge in [0.15, 0.2) is 5.65 Å². The molecule has 2 heterocycles. The number of nitrogen functional groups attached to an aromatic ring is 2. The van der Waals surface area contributed by atoms with E-state index in [-0.39, 0.29) is 0 Å². The van der Waals surface area contributed by atoms with E-state index in [2.05, 4.69) is 23.9 Å². The van der Waals surface area contributed by atoms with E-state index in [0.29, 0.717) is 17.4 Å². The topological polar surface area (TPSA) is 82.8 Å². The molecule has 0 saturated heterocycles. The summed E-state index contributed by atoms with van der Waals surface area (Å²) in [7, 11) is 0. The van der Waals surface area contributed by atoms with E-state index in [1.165, 1.54) is 0 Å². The van der Waals surface area contributed by atoms with Gasteiger partial charge in [0, 0.05) is 0 Å². The maximum absolute atomic E-state index is 5.85. The smallest absolute Gasteiger partial charge is 0.160 e. The minimum atomic E-state index is 0.318. The second kappa shape index (κ2) is 3.42. The van der Waals surface area contributed by atoms with Gasteiger partial charge in [0.25, 0.3) is 0 Å². The van der Waals surface area contributed by atoms with Crippen molar-refractivity contribution in [3.63, 3.8) is 0 Å². The standard InChI is InChI=1S/C10H15N5/c1-3-6(2)15-10-7(4-14-15)9(12)8(11)5-13-10/h4-6H,3,11H2,1-2H3,(H2,12,13)/t6-/m1/s1. The molecule has 5 heteroatoms. The molecule has 0 bridgehead atoms. The first-order valence-electron chi connectivity index (χ1n) is 5.02. The molecule has 0 aromatic carbocycles. The molecule has 4 N–H and O–H groups in total. The molecule has 0 aliphatic heterocycles. The van der Waals surface area contributed by atoms with Gasteiger partial charge in [-0.15, -0.1) is 0 Å². The van der Waals surface area contributed by atoms with Crippen LogP contribution in [0.2, 0.25) is 0 Å². The molecule has 2 aromatic heterocycles. The van der Waals surface area contributed by atoms with Crippen LogP contribution in [0.5, 0.6) is 0 Å². The summed E-state index contributed by atoms with van der Waals surface area (Å²) in [6.45, 7) is 4.21. The molecule has 15 heavy (non-hydrogen) atoms. The molecule has 0 radical (unpaired) electrons. The monoisotopic (exact) mass is 205 g/mol. The van der Waals surface area contributed by atoms with Crippen molar-refractivity contribution in [3.8, 4) is 0 Å². The van der Waals surface area contributed by atoms with E-state index >= 15 is 0 Å². The third-order valence-corrected chi connectivity index (χ3v) is 2.70. The lowest BCUT2D eigenvalue weighted by Gasteiger charge is -2.10. The van der Waals surface area contributed by atoms with Crippen LogP contribution in [-0.2, 0) is 0 Å². The number of rotatable bonds is 2. The van der Waals surface area contributed by atoms with Crippen molar-refractivity contribution in [2.45, 2.75) is 26.3 Å². The van der Waals surface area contributed by atoms with Crippen LogP contribution in [0.1, 0.15) is 26.3 Å². The van der Waals surface area contributed by atoms with Crippen molar-refractivity contribution in [2.75, 3.05) is 11.5 Å². The summed E-state index contributed by atoms with van der Waals surface area (Å²) in [6.07, 6.45) is 4.31. The fourth-order valence-corrected chi connectivity index (χ4v) is 1.53. The lowest BCUT2D eigenvalue weighted by molar-refractivity contribution is 0.490. The number of pyridine rings is 1. The van der Waals surface area contributed by atoms with Gasteiger partial charge >= 0.3 is 0 Å². The molecule has 0 aliphatic rings. The summed E-state index contributed by atoms with van der Waals surface area (Å²) in [5.41, 5.74) is 13.4. The van der Waals surface area contributed by atoms with Crippen LogP contribution in [0.3, 0.4) is 0 Å². The number of nitrogens with zero attached hydrogens (tertiary/aromatic N) is 3. The van der Waals surface area contributed by atoms with E-state index in [0.717, 1.165) is 17.5 Å². The zero-order chi connectivity index (χ0) is 11.0. The summed E-state index contributed by atoms with van der Waals surface area (Å²) < 4.78 is 1.88. The molecule has 0 unspecified atom stereocenters. The van der Waals surface area contributed by atoms with Crippen LogP contribution < -0.4 is 11.5 Å². The van der Waals surface area contributed by atoms with Crippen molar-refractivity contribution in [1.29, 1.82) is 0 Å². The first-order chi connectivity index (χ1) is 7.15. The first-order valence-corrected chi connectivity index (χ1v) is 5.02. The van der Waals surface area contributed by atoms with E-state index in [1.54, 1.807) is 12.4 Å². The molecule has 0 spiro atoms. The third-order valence-electron chi connectivity index (χ3n) is 2.70. The first kappa shape index (κ1) is 9.76. The molecule has 0 saturated carbocycles. The highest BCUT2D eigenvalue weighted by Gasteiger charge is 2.12. The fraction of sp³-hybridized carbons (Fsp3) is 0.400. The number of hydrogen-bond acceptors (Lipinski definition) is 4. The highest BCUT2D eigenvalue weighted by Crippen LogP contribution is 2.26. The van der Waals surface area contributed by atoms with Gasteiger partial charge in [0.1, 0.15) is 0 Å². The molecule has 0 aliphatic carbocycles. The van der Waals surface area contributed by atoms with E-state index in [1.807, 2.05) is 4.68 Å². The van der Waals surface area contributed by atoms with Crippen LogP contribution in [-0.4, -0.2) is 14.8 Å². The summed E-state index contributed by atoms with van der Waals surface area (Å²) in [5.74, 6) is 0. The van der Waals surface area contributed by atoms with Crippen molar-refractivity contribution >= 4 is 22.4 Å². The summed E-state index contributed by atoms with van der Waals surface area (Å²) in [5, 5.41) is 5.12. The predicted molar refractivity (Wildman–Crippen MR) is 61.4 cm³/mol. The number of nitrogens with two attached hydrogens (primary N) is 2. The Morgan fingerprint density at radius 1 is 1.40 bits per heavy atom. The molecule has 80 valence electrons. The highest BCUT2D eigenvalue weighted by atomic mass is 15.3. The molecule has 2 aromatic rings. The number of hydrogen-bond donors (Lipinski definition) is 2. The minimum Gasteiger partial charge on any atom is -0.396 e. The zero-order valence-electron chi connectivity index (χ0n) is 8.94. The summed E-state index contributed by atoms with van der Waals surface area (Å²) in [4.78, 5) is 4.27. The summed E-state index contributed by atoms with van der Waals surface area (Å²) in [6, 6.07) is 0.318. The molecule has 1 atom stereocenters. The van der Waals surface area contributed by atoms with Gasteiger partial charge in [-0.3, -0.25) is 0 Å².